The van der Waals surface area contributed by atoms with Gasteiger partial charge >= 0.3 is 11.6 Å². The molecule has 0 aliphatic carbocycles. The van der Waals surface area contributed by atoms with E-state index in [0.717, 1.165) is 0 Å². The summed E-state index contributed by atoms with van der Waals surface area (Å²) in [6.45, 7) is -0.162. The van der Waals surface area contributed by atoms with Crippen LogP contribution in [0.15, 0.2) is 82.0 Å². The molecular formula is C27H19NO8. The summed E-state index contributed by atoms with van der Waals surface area (Å²) >= 11 is 0. The summed E-state index contributed by atoms with van der Waals surface area (Å²) in [5, 5.41) is 12.4. The van der Waals surface area contributed by atoms with Crippen LogP contribution in [0, 0.1) is 15.5 Å². The van der Waals surface area contributed by atoms with Gasteiger partial charge in [-0.25, -0.2) is 4.79 Å². The average molecular weight is 485 g/mol. The van der Waals surface area contributed by atoms with Crippen molar-refractivity contribution < 1.29 is 28.3 Å². The van der Waals surface area contributed by atoms with E-state index in [1.165, 1.54) is 25.3 Å². The van der Waals surface area contributed by atoms with E-state index in [2.05, 4.69) is 0 Å². The molecule has 0 N–H and O–H groups in total. The lowest BCUT2D eigenvalue weighted by atomic mass is 9.63. The number of methoxy groups -OCH3 is 1. The maximum Gasteiger partial charge on any atom is 0.344 e. The molecule has 6 rings (SSSR count). The Labute approximate surface area is 204 Å². The third kappa shape index (κ3) is 2.95. The quantitative estimate of drug-likeness (QED) is 0.236. The van der Waals surface area contributed by atoms with Gasteiger partial charge < -0.3 is 18.6 Å². The first-order chi connectivity index (χ1) is 17.5. The van der Waals surface area contributed by atoms with E-state index < -0.39 is 34.0 Å². The summed E-state index contributed by atoms with van der Waals surface area (Å²) in [4.78, 5) is 37.7. The number of nitro benzene ring substituents is 1. The molecule has 9 nitrogen and oxygen atoms in total. The molecule has 3 aromatic carbocycles. The molecule has 0 fully saturated rings. The number of para-hydroxylation sites is 1. The monoisotopic (exact) mass is 485 g/mol. The Balaban J connectivity index is 1.72. The van der Waals surface area contributed by atoms with Gasteiger partial charge in [0.25, 0.3) is 5.69 Å². The van der Waals surface area contributed by atoms with Gasteiger partial charge in [-0.15, -0.1) is 0 Å². The Morgan fingerprint density at radius 1 is 1.06 bits per heavy atom. The lowest BCUT2D eigenvalue weighted by Crippen LogP contribution is -2.54. The number of nitro groups is 1. The molecule has 4 aromatic rings. The largest absolute Gasteiger partial charge is 0.492 e. The van der Waals surface area contributed by atoms with Crippen LogP contribution in [-0.4, -0.2) is 24.6 Å². The van der Waals surface area contributed by atoms with Gasteiger partial charge in [-0.05, 0) is 12.1 Å². The first kappa shape index (κ1) is 21.8. The summed E-state index contributed by atoms with van der Waals surface area (Å²) in [5.41, 5.74) is -1.25. The molecule has 36 heavy (non-hydrogen) atoms. The number of nitrogens with zero attached hydrogens (tertiary/aromatic N) is 1. The maximum absolute atomic E-state index is 13.7. The molecule has 0 saturated carbocycles. The van der Waals surface area contributed by atoms with E-state index in [4.69, 9.17) is 18.6 Å². The van der Waals surface area contributed by atoms with Crippen molar-refractivity contribution in [3.63, 3.8) is 0 Å². The number of fused-ring (bicyclic) bond motifs is 7. The topological polar surface area (TPSA) is 118 Å². The second kappa shape index (κ2) is 7.94. The third-order valence-corrected chi connectivity index (χ3v) is 6.94. The summed E-state index contributed by atoms with van der Waals surface area (Å²) in [6.07, 6.45) is -1.05. The third-order valence-electron chi connectivity index (χ3n) is 6.94. The number of benzene rings is 3. The zero-order valence-electron chi connectivity index (χ0n) is 19.0. The highest BCUT2D eigenvalue weighted by Crippen LogP contribution is 2.61. The predicted molar refractivity (Wildman–Crippen MR) is 127 cm³/mol. The average Bonchev–Trinajstić information content (AvgIpc) is 2.92. The number of esters is 1. The van der Waals surface area contributed by atoms with Gasteiger partial charge in [0.15, 0.2) is 16.9 Å². The number of hydrogen-bond acceptors (Lipinski definition) is 8. The molecule has 180 valence electrons. The molecular weight excluding hydrogens is 466 g/mol. The van der Waals surface area contributed by atoms with Gasteiger partial charge in [-0.3, -0.25) is 14.9 Å². The van der Waals surface area contributed by atoms with Crippen molar-refractivity contribution in [1.29, 1.82) is 0 Å². The Morgan fingerprint density at radius 2 is 1.81 bits per heavy atom. The molecule has 0 unspecified atom stereocenters. The van der Waals surface area contributed by atoms with Crippen LogP contribution >= 0.6 is 0 Å². The summed E-state index contributed by atoms with van der Waals surface area (Å²) < 4.78 is 23.7. The molecule has 9 heteroatoms. The molecule has 0 radical (unpaired) electrons. The number of rotatable bonds is 3. The summed E-state index contributed by atoms with van der Waals surface area (Å²) in [7, 11) is 1.26. The fourth-order valence-electron chi connectivity index (χ4n) is 5.38. The molecule has 0 saturated heterocycles. The van der Waals surface area contributed by atoms with Gasteiger partial charge in [0.05, 0.1) is 23.3 Å². The van der Waals surface area contributed by atoms with Gasteiger partial charge in [-0.2, -0.15) is 0 Å². The van der Waals surface area contributed by atoms with E-state index in [1.54, 1.807) is 54.6 Å². The summed E-state index contributed by atoms with van der Waals surface area (Å²) in [6, 6.07) is 20.0. The molecule has 1 aromatic heterocycles. The Hall–Kier alpha value is -4.66. The standard InChI is InChI=1S/C27H19NO8/c1-33-26(30)27-14-34-20-12-5-4-11-19(20)21(27)23-22(17-9-2-3-10-18(17)25(29)36-23)35-24(27)15-7-6-8-16(13-15)28(31)32/h2-13,21,24H,14H2,1H3/t21-,24-,27+/m1/s1. The SMILES string of the molecule is COC(=O)[C@@]12COc3ccccc3[C@@H]1c1oc(=O)c3ccccc3c1O[C@@H]2c1cccc([N+](=O)[O-])c1. The predicted octanol–water partition coefficient (Wildman–Crippen LogP) is 4.52. The van der Waals surface area contributed by atoms with Crippen LogP contribution in [-0.2, 0) is 9.53 Å². The first-order valence-electron chi connectivity index (χ1n) is 11.2. The van der Waals surface area contributed by atoms with Crippen molar-refractivity contribution in [2.24, 2.45) is 5.41 Å². The number of carbonyl (C=O) groups excluding carboxylic acids is 1. The molecule has 0 bridgehead atoms. The molecule has 3 atom stereocenters. The van der Waals surface area contributed by atoms with Crippen LogP contribution in [0.4, 0.5) is 5.69 Å². The number of hydrogen-bond donors (Lipinski definition) is 0. The Bertz CT molecular complexity index is 1610. The Kier molecular flexibility index (Phi) is 4.82. The zero-order valence-corrected chi connectivity index (χ0v) is 19.0. The van der Waals surface area contributed by atoms with Crippen LogP contribution in [0.1, 0.15) is 28.9 Å². The highest BCUT2D eigenvalue weighted by molar-refractivity contribution is 5.90. The van der Waals surface area contributed by atoms with E-state index >= 15 is 0 Å². The normalized spacial score (nSPS) is 21.8. The number of ether oxygens (including phenoxy) is 3. The maximum atomic E-state index is 13.7. The highest BCUT2D eigenvalue weighted by atomic mass is 16.6. The lowest BCUT2D eigenvalue weighted by Gasteiger charge is -2.49. The van der Waals surface area contributed by atoms with Gasteiger partial charge in [-0.1, -0.05) is 48.5 Å². The molecule has 0 amide bonds. The van der Waals surface area contributed by atoms with Gasteiger partial charge in [0.1, 0.15) is 18.5 Å². The second-order valence-electron chi connectivity index (χ2n) is 8.77. The number of carbonyl (C=O) groups is 1. The summed E-state index contributed by atoms with van der Waals surface area (Å²) in [5.74, 6) is -0.465. The van der Waals surface area contributed by atoms with Crippen molar-refractivity contribution in [3.05, 3.63) is 110 Å². The van der Waals surface area contributed by atoms with E-state index in [9.17, 15) is 19.7 Å². The van der Waals surface area contributed by atoms with Gasteiger partial charge in [0.2, 0.25) is 0 Å². The molecule has 2 aliphatic rings. The van der Waals surface area contributed by atoms with E-state index in [1.807, 2.05) is 0 Å². The smallest absolute Gasteiger partial charge is 0.344 e. The van der Waals surface area contributed by atoms with Crippen LogP contribution in [0.25, 0.3) is 10.8 Å². The van der Waals surface area contributed by atoms with Crippen LogP contribution in [0.2, 0.25) is 0 Å². The molecule has 3 heterocycles. The number of non-ortho nitro benzene ring substituents is 1. The fraction of sp³-hybridized carbons (Fsp3) is 0.185. The Morgan fingerprint density at radius 3 is 2.58 bits per heavy atom. The van der Waals surface area contributed by atoms with Gasteiger partial charge in [0, 0.05) is 28.6 Å². The lowest BCUT2D eigenvalue weighted by molar-refractivity contribution is -0.385. The zero-order chi connectivity index (χ0) is 25.0. The van der Waals surface area contributed by atoms with Crippen LogP contribution in [0.5, 0.6) is 11.5 Å². The minimum Gasteiger partial charge on any atom is -0.492 e. The highest BCUT2D eigenvalue weighted by Gasteiger charge is 2.63. The first-order valence-corrected chi connectivity index (χ1v) is 11.2. The minimum absolute atomic E-state index is 0.153. The van der Waals surface area contributed by atoms with Crippen molar-refractivity contribution in [1.82, 2.24) is 0 Å². The minimum atomic E-state index is -1.54. The van der Waals surface area contributed by atoms with E-state index in [0.29, 0.717) is 33.4 Å². The van der Waals surface area contributed by atoms with Crippen molar-refractivity contribution in [3.8, 4) is 11.5 Å². The van der Waals surface area contributed by atoms with Crippen LogP contribution < -0.4 is 15.1 Å². The van der Waals surface area contributed by atoms with E-state index in [-0.39, 0.29) is 18.1 Å². The van der Waals surface area contributed by atoms with Crippen LogP contribution in [0.3, 0.4) is 0 Å². The molecule has 2 aliphatic heterocycles. The van der Waals surface area contributed by atoms with Crippen molar-refractivity contribution in [2.45, 2.75) is 12.0 Å². The van der Waals surface area contributed by atoms with Crippen molar-refractivity contribution >= 4 is 22.4 Å². The second-order valence-corrected chi connectivity index (χ2v) is 8.77. The van der Waals surface area contributed by atoms with Crippen molar-refractivity contribution in [2.75, 3.05) is 13.7 Å². The molecule has 0 spiro atoms. The fourth-order valence-corrected chi connectivity index (χ4v) is 5.38.